The highest BCUT2D eigenvalue weighted by Crippen LogP contribution is 2.32. The molecule has 0 bridgehead atoms. The van der Waals surface area contributed by atoms with Crippen molar-refractivity contribution in [1.82, 2.24) is 4.90 Å². The van der Waals surface area contributed by atoms with E-state index in [0.717, 1.165) is 43.5 Å². The van der Waals surface area contributed by atoms with E-state index in [9.17, 15) is 13.2 Å². The first-order valence-electron chi connectivity index (χ1n) is 10.4. The minimum Gasteiger partial charge on any atom is -0.493 e. The average molecular weight is 429 g/mol. The Morgan fingerprint density at radius 2 is 1.80 bits per heavy atom. The van der Waals surface area contributed by atoms with Gasteiger partial charge in [-0.1, -0.05) is 0 Å². The van der Waals surface area contributed by atoms with Crippen LogP contribution in [0.15, 0.2) is 41.3 Å². The van der Waals surface area contributed by atoms with E-state index in [0.29, 0.717) is 36.6 Å². The Labute approximate surface area is 176 Å². The molecule has 0 aromatic heterocycles. The average Bonchev–Trinajstić information content (AvgIpc) is 3.21. The van der Waals surface area contributed by atoms with E-state index in [2.05, 4.69) is 4.72 Å². The molecule has 3 heterocycles. The molecule has 30 heavy (non-hydrogen) atoms. The molecule has 3 aliphatic rings. The van der Waals surface area contributed by atoms with Crippen LogP contribution < -0.4 is 14.2 Å². The number of fused-ring (bicyclic) bond motifs is 3. The largest absolute Gasteiger partial charge is 0.493 e. The lowest BCUT2D eigenvalue weighted by Gasteiger charge is -2.37. The zero-order chi connectivity index (χ0) is 20.7. The molecule has 3 aliphatic heterocycles. The van der Waals surface area contributed by atoms with Gasteiger partial charge in [0.1, 0.15) is 11.5 Å². The van der Waals surface area contributed by atoms with Gasteiger partial charge in [0.25, 0.3) is 15.9 Å². The molecule has 0 unspecified atom stereocenters. The first-order valence-corrected chi connectivity index (χ1v) is 11.9. The normalized spacial score (nSPS) is 20.7. The van der Waals surface area contributed by atoms with Crippen molar-refractivity contribution in [2.75, 3.05) is 24.5 Å². The van der Waals surface area contributed by atoms with Crippen molar-refractivity contribution in [3.05, 3.63) is 47.5 Å². The van der Waals surface area contributed by atoms with Gasteiger partial charge in [0.15, 0.2) is 0 Å². The van der Waals surface area contributed by atoms with Crippen molar-refractivity contribution in [1.29, 1.82) is 0 Å². The zero-order valence-corrected chi connectivity index (χ0v) is 17.4. The lowest BCUT2D eigenvalue weighted by Crippen LogP contribution is -2.45. The smallest absolute Gasteiger partial charge is 0.261 e. The number of rotatable bonds is 3. The predicted octanol–water partition coefficient (Wildman–Crippen LogP) is 3.20. The van der Waals surface area contributed by atoms with Crippen molar-refractivity contribution in [3.63, 3.8) is 0 Å². The Balaban J connectivity index is 1.44. The summed E-state index contributed by atoms with van der Waals surface area (Å²) in [6.07, 6.45) is 4.61. The van der Waals surface area contributed by atoms with Crippen LogP contribution in [-0.2, 0) is 16.4 Å². The van der Waals surface area contributed by atoms with E-state index >= 15 is 0 Å². The summed E-state index contributed by atoms with van der Waals surface area (Å²) in [5.41, 5.74) is 1.64. The molecule has 0 saturated carbocycles. The second-order valence-corrected chi connectivity index (χ2v) is 9.65. The molecule has 1 atom stereocenters. The van der Waals surface area contributed by atoms with Gasteiger partial charge in [0.2, 0.25) is 0 Å². The Morgan fingerprint density at radius 1 is 0.967 bits per heavy atom. The molecule has 5 rings (SSSR count). The van der Waals surface area contributed by atoms with Crippen molar-refractivity contribution in [2.45, 2.75) is 43.0 Å². The third kappa shape index (κ3) is 3.49. The molecule has 7 nitrogen and oxygen atoms in total. The van der Waals surface area contributed by atoms with Crippen LogP contribution in [-0.4, -0.2) is 45.0 Å². The van der Waals surface area contributed by atoms with Gasteiger partial charge in [0, 0.05) is 31.1 Å². The van der Waals surface area contributed by atoms with Gasteiger partial charge < -0.3 is 14.4 Å². The van der Waals surface area contributed by atoms with Crippen LogP contribution in [0.2, 0.25) is 0 Å². The minimum absolute atomic E-state index is 0.0925. The minimum atomic E-state index is -3.79. The Hall–Kier alpha value is -2.74. The molecule has 8 heteroatoms. The van der Waals surface area contributed by atoms with Crippen LogP contribution >= 0.6 is 0 Å². The van der Waals surface area contributed by atoms with Crippen LogP contribution in [0, 0.1) is 0 Å². The van der Waals surface area contributed by atoms with Crippen molar-refractivity contribution < 1.29 is 22.7 Å². The number of anilines is 1. The van der Waals surface area contributed by atoms with Gasteiger partial charge in [-0.3, -0.25) is 9.52 Å². The molecule has 158 valence electrons. The highest BCUT2D eigenvalue weighted by Gasteiger charge is 2.31. The topological polar surface area (TPSA) is 84.9 Å². The van der Waals surface area contributed by atoms with Crippen LogP contribution in [0.5, 0.6) is 11.5 Å². The van der Waals surface area contributed by atoms with E-state index in [-0.39, 0.29) is 16.8 Å². The number of hydrogen-bond acceptors (Lipinski definition) is 5. The maximum absolute atomic E-state index is 13.2. The fraction of sp³-hybridized carbons (Fsp3) is 0.409. The Kier molecular flexibility index (Phi) is 4.81. The standard InChI is InChI=1S/C22H24N2O5S/c25-22-19-14-16(4-6-21(19)29-12-9-17-3-1-2-10-24(17)22)23-30(26,27)18-5-7-20-15(13-18)8-11-28-20/h4-7,13-14,17,23H,1-3,8-12H2/t17-/m0/s1. The number of nitrogens with zero attached hydrogens (tertiary/aromatic N) is 1. The zero-order valence-electron chi connectivity index (χ0n) is 16.6. The highest BCUT2D eigenvalue weighted by molar-refractivity contribution is 7.92. The van der Waals surface area contributed by atoms with Gasteiger partial charge in [-0.2, -0.15) is 0 Å². The fourth-order valence-corrected chi connectivity index (χ4v) is 5.56. The monoisotopic (exact) mass is 428 g/mol. The first-order chi connectivity index (χ1) is 14.5. The van der Waals surface area contributed by atoms with E-state index in [1.165, 1.54) is 6.07 Å². The number of carbonyl (C=O) groups excluding carboxylic acids is 1. The van der Waals surface area contributed by atoms with Gasteiger partial charge in [-0.25, -0.2) is 8.42 Å². The lowest BCUT2D eigenvalue weighted by atomic mass is 9.97. The molecule has 0 spiro atoms. The maximum atomic E-state index is 13.2. The third-order valence-corrected chi connectivity index (χ3v) is 7.41. The number of benzene rings is 2. The van der Waals surface area contributed by atoms with Gasteiger partial charge in [0.05, 0.1) is 23.7 Å². The van der Waals surface area contributed by atoms with E-state index < -0.39 is 10.0 Å². The van der Waals surface area contributed by atoms with Crippen LogP contribution in [0.1, 0.15) is 41.6 Å². The quantitative estimate of drug-likeness (QED) is 0.812. The van der Waals surface area contributed by atoms with E-state index in [1.807, 2.05) is 4.90 Å². The molecule has 1 amide bonds. The summed E-state index contributed by atoms with van der Waals surface area (Å²) < 4.78 is 39.7. The van der Waals surface area contributed by atoms with Crippen molar-refractivity contribution in [2.24, 2.45) is 0 Å². The summed E-state index contributed by atoms with van der Waals surface area (Å²) in [5, 5.41) is 0. The van der Waals surface area contributed by atoms with Gasteiger partial charge >= 0.3 is 0 Å². The number of piperidine rings is 1. The van der Waals surface area contributed by atoms with Gasteiger partial charge in [-0.15, -0.1) is 0 Å². The number of sulfonamides is 1. The molecular weight excluding hydrogens is 404 g/mol. The van der Waals surface area contributed by atoms with Crippen molar-refractivity contribution in [3.8, 4) is 11.5 Å². The summed E-state index contributed by atoms with van der Waals surface area (Å²) >= 11 is 0. The fourth-order valence-electron chi connectivity index (χ4n) is 4.46. The summed E-state index contributed by atoms with van der Waals surface area (Å²) in [5.74, 6) is 1.14. The number of nitrogens with one attached hydrogen (secondary N) is 1. The predicted molar refractivity (Wildman–Crippen MR) is 112 cm³/mol. The number of hydrogen-bond donors (Lipinski definition) is 1. The molecule has 0 radical (unpaired) electrons. The molecule has 1 N–H and O–H groups in total. The molecule has 1 fully saturated rings. The maximum Gasteiger partial charge on any atom is 0.261 e. The second kappa shape index (κ2) is 7.50. The summed E-state index contributed by atoms with van der Waals surface area (Å²) in [7, 11) is -3.79. The van der Waals surface area contributed by atoms with Crippen LogP contribution in [0.25, 0.3) is 0 Å². The molecule has 2 aromatic carbocycles. The van der Waals surface area contributed by atoms with Gasteiger partial charge in [-0.05, 0) is 61.2 Å². The highest BCUT2D eigenvalue weighted by atomic mass is 32.2. The SMILES string of the molecule is O=C1c2cc(NS(=O)(=O)c3ccc4c(c3)CCO4)ccc2OCC[C@@H]2CCCCN12. The second-order valence-electron chi connectivity index (χ2n) is 7.97. The van der Waals surface area contributed by atoms with Crippen LogP contribution in [0.4, 0.5) is 5.69 Å². The lowest BCUT2D eigenvalue weighted by molar-refractivity contribution is 0.0548. The molecular formula is C22H24N2O5S. The Bertz CT molecular complexity index is 1100. The summed E-state index contributed by atoms with van der Waals surface area (Å²) in [6, 6.07) is 9.95. The van der Waals surface area contributed by atoms with Crippen LogP contribution in [0.3, 0.4) is 0 Å². The summed E-state index contributed by atoms with van der Waals surface area (Å²) in [6.45, 7) is 1.84. The molecule has 0 aliphatic carbocycles. The number of amides is 1. The third-order valence-electron chi connectivity index (χ3n) is 6.03. The Morgan fingerprint density at radius 3 is 2.70 bits per heavy atom. The molecule has 2 aromatic rings. The molecule has 1 saturated heterocycles. The van der Waals surface area contributed by atoms with Crippen molar-refractivity contribution >= 4 is 21.6 Å². The summed E-state index contributed by atoms with van der Waals surface area (Å²) in [4.78, 5) is 15.3. The van der Waals surface area contributed by atoms with E-state index in [1.54, 1.807) is 30.3 Å². The number of ether oxygens (including phenoxy) is 2. The van der Waals surface area contributed by atoms with E-state index in [4.69, 9.17) is 9.47 Å². The number of carbonyl (C=O) groups is 1. The first kappa shape index (κ1) is 19.2.